The number of para-hydroxylation sites is 1. The highest BCUT2D eigenvalue weighted by Gasteiger charge is 2.17. The molecule has 0 fully saturated rings. The lowest BCUT2D eigenvalue weighted by molar-refractivity contribution is 0.0997. The van der Waals surface area contributed by atoms with Crippen molar-refractivity contribution >= 4 is 39.1 Å². The number of thiazole rings is 1. The average Bonchev–Trinajstić information content (AvgIpc) is 3.05. The standard InChI is InChI=1S/C20H17ClN2O4S/c1-5-9-23-17-13(21)7-6-8-16(17)28-20(23)22-19(24)12-10-14(25-2)18(27-4)15(11-12)26-3/h1,6-8,10-11H,9H2,2-4H3. The predicted molar refractivity (Wildman–Crippen MR) is 110 cm³/mol. The van der Waals surface area contributed by atoms with Crippen LogP contribution >= 0.6 is 22.9 Å². The third-order valence-corrected chi connectivity index (χ3v) is 5.36. The Morgan fingerprint density at radius 1 is 1.21 bits per heavy atom. The second kappa shape index (κ2) is 8.38. The highest BCUT2D eigenvalue weighted by molar-refractivity contribution is 7.16. The van der Waals surface area contributed by atoms with Crippen LogP contribution in [-0.4, -0.2) is 31.8 Å². The van der Waals surface area contributed by atoms with Gasteiger partial charge in [0.1, 0.15) is 0 Å². The molecule has 0 bridgehead atoms. The Bertz CT molecular complexity index is 1130. The molecule has 0 atom stereocenters. The largest absolute Gasteiger partial charge is 0.493 e. The fourth-order valence-electron chi connectivity index (χ4n) is 2.77. The van der Waals surface area contributed by atoms with Crippen molar-refractivity contribution in [2.75, 3.05) is 21.3 Å². The van der Waals surface area contributed by atoms with Crippen molar-refractivity contribution in [2.24, 2.45) is 4.99 Å². The van der Waals surface area contributed by atoms with Gasteiger partial charge in [-0.25, -0.2) is 0 Å². The van der Waals surface area contributed by atoms with E-state index in [0.29, 0.717) is 32.6 Å². The van der Waals surface area contributed by atoms with Crippen LogP contribution in [-0.2, 0) is 6.54 Å². The first-order valence-electron chi connectivity index (χ1n) is 8.14. The van der Waals surface area contributed by atoms with E-state index in [1.807, 2.05) is 12.1 Å². The number of aromatic nitrogens is 1. The van der Waals surface area contributed by atoms with Crippen molar-refractivity contribution in [3.05, 3.63) is 45.7 Å². The first-order chi connectivity index (χ1) is 13.5. The number of halogens is 1. The molecular weight excluding hydrogens is 400 g/mol. The Morgan fingerprint density at radius 2 is 1.89 bits per heavy atom. The van der Waals surface area contributed by atoms with Crippen LogP contribution in [0.4, 0.5) is 0 Å². The lowest BCUT2D eigenvalue weighted by Crippen LogP contribution is -2.16. The van der Waals surface area contributed by atoms with Crippen molar-refractivity contribution in [1.29, 1.82) is 0 Å². The highest BCUT2D eigenvalue weighted by Crippen LogP contribution is 2.38. The van der Waals surface area contributed by atoms with E-state index in [4.69, 9.17) is 32.2 Å². The summed E-state index contributed by atoms with van der Waals surface area (Å²) in [5, 5.41) is 0.547. The van der Waals surface area contributed by atoms with Gasteiger partial charge in [-0.2, -0.15) is 4.99 Å². The third-order valence-electron chi connectivity index (χ3n) is 4.01. The summed E-state index contributed by atoms with van der Waals surface area (Å²) in [6.45, 7) is 0.241. The maximum atomic E-state index is 12.9. The number of methoxy groups -OCH3 is 3. The minimum absolute atomic E-state index is 0.241. The molecule has 0 spiro atoms. The molecule has 0 N–H and O–H groups in total. The van der Waals surface area contributed by atoms with E-state index in [-0.39, 0.29) is 6.54 Å². The molecule has 0 saturated carbocycles. The molecule has 6 nitrogen and oxygen atoms in total. The van der Waals surface area contributed by atoms with Gasteiger partial charge in [0.05, 0.1) is 43.1 Å². The number of carbonyl (C=O) groups excluding carboxylic acids is 1. The quantitative estimate of drug-likeness (QED) is 0.594. The summed E-state index contributed by atoms with van der Waals surface area (Å²) in [5.74, 6) is 3.26. The van der Waals surface area contributed by atoms with Gasteiger partial charge >= 0.3 is 0 Å². The van der Waals surface area contributed by atoms with Crippen molar-refractivity contribution in [1.82, 2.24) is 4.57 Å². The Hall–Kier alpha value is -2.95. The molecule has 0 aliphatic carbocycles. The first kappa shape index (κ1) is 19.8. The molecule has 0 radical (unpaired) electrons. The number of hydrogen-bond donors (Lipinski definition) is 0. The van der Waals surface area contributed by atoms with Crippen molar-refractivity contribution in [3.8, 4) is 29.6 Å². The van der Waals surface area contributed by atoms with E-state index in [2.05, 4.69) is 10.9 Å². The molecular formula is C20H17ClN2O4S. The lowest BCUT2D eigenvalue weighted by atomic mass is 10.1. The molecule has 8 heteroatoms. The monoisotopic (exact) mass is 416 g/mol. The van der Waals surface area contributed by atoms with Gasteiger partial charge in [0, 0.05) is 5.56 Å². The Morgan fingerprint density at radius 3 is 2.46 bits per heavy atom. The average molecular weight is 417 g/mol. The summed E-state index contributed by atoms with van der Waals surface area (Å²) in [7, 11) is 4.46. The molecule has 3 aromatic rings. The van der Waals surface area contributed by atoms with E-state index in [9.17, 15) is 4.79 Å². The molecule has 144 valence electrons. The normalized spacial score (nSPS) is 11.3. The molecule has 0 aliphatic rings. The number of ether oxygens (including phenoxy) is 3. The van der Waals surface area contributed by atoms with E-state index in [0.717, 1.165) is 10.2 Å². The smallest absolute Gasteiger partial charge is 0.279 e. The van der Waals surface area contributed by atoms with Crippen molar-refractivity contribution < 1.29 is 19.0 Å². The number of rotatable bonds is 5. The zero-order chi connectivity index (χ0) is 20.3. The minimum Gasteiger partial charge on any atom is -0.493 e. The van der Waals surface area contributed by atoms with Gasteiger partial charge in [-0.15, -0.1) is 6.42 Å². The lowest BCUT2D eigenvalue weighted by Gasteiger charge is -2.12. The van der Waals surface area contributed by atoms with Gasteiger partial charge in [-0.3, -0.25) is 4.79 Å². The van der Waals surface area contributed by atoms with Crippen LogP contribution in [0.5, 0.6) is 17.2 Å². The van der Waals surface area contributed by atoms with Crippen LogP contribution in [0.15, 0.2) is 35.3 Å². The van der Waals surface area contributed by atoms with Gasteiger partial charge in [0.15, 0.2) is 16.3 Å². The Labute approximate surface area is 170 Å². The van der Waals surface area contributed by atoms with E-state index < -0.39 is 5.91 Å². The zero-order valence-electron chi connectivity index (χ0n) is 15.5. The summed E-state index contributed by atoms with van der Waals surface area (Å²) in [6.07, 6.45) is 5.50. The highest BCUT2D eigenvalue weighted by atomic mass is 35.5. The zero-order valence-corrected chi connectivity index (χ0v) is 17.1. The topological polar surface area (TPSA) is 62.1 Å². The number of terminal acetylenes is 1. The molecule has 1 amide bonds. The van der Waals surface area contributed by atoms with Crippen LogP contribution < -0.4 is 19.0 Å². The maximum absolute atomic E-state index is 12.9. The molecule has 28 heavy (non-hydrogen) atoms. The van der Waals surface area contributed by atoms with Gasteiger partial charge in [-0.1, -0.05) is 34.9 Å². The molecule has 0 aliphatic heterocycles. The Kier molecular flexibility index (Phi) is 5.93. The van der Waals surface area contributed by atoms with Crippen molar-refractivity contribution in [3.63, 3.8) is 0 Å². The number of carbonyl (C=O) groups is 1. The van der Waals surface area contributed by atoms with Crippen molar-refractivity contribution in [2.45, 2.75) is 6.54 Å². The number of amides is 1. The van der Waals surface area contributed by atoms with E-state index in [1.165, 1.54) is 32.7 Å². The Balaban J connectivity index is 2.17. The van der Waals surface area contributed by atoms with Crippen LogP contribution in [0.25, 0.3) is 10.2 Å². The number of hydrogen-bond acceptors (Lipinski definition) is 5. The van der Waals surface area contributed by atoms with E-state index >= 15 is 0 Å². The SMILES string of the molecule is C#CCn1c(=NC(=O)c2cc(OC)c(OC)c(OC)c2)sc2cccc(Cl)c21. The molecule has 3 rings (SSSR count). The molecule has 2 aromatic carbocycles. The number of benzene rings is 2. The summed E-state index contributed by atoms with van der Waals surface area (Å²) < 4.78 is 18.5. The maximum Gasteiger partial charge on any atom is 0.279 e. The van der Waals surface area contributed by atoms with Crippen LogP contribution in [0.2, 0.25) is 5.02 Å². The number of fused-ring (bicyclic) bond motifs is 1. The number of nitrogens with zero attached hydrogens (tertiary/aromatic N) is 2. The first-order valence-corrected chi connectivity index (χ1v) is 9.33. The fourth-order valence-corrected chi connectivity index (χ4v) is 4.15. The fraction of sp³-hybridized carbons (Fsp3) is 0.200. The minimum atomic E-state index is -0.465. The molecule has 0 unspecified atom stereocenters. The molecule has 1 aromatic heterocycles. The van der Waals surface area contributed by atoms with Gasteiger partial charge in [-0.05, 0) is 24.3 Å². The summed E-state index contributed by atoms with van der Waals surface area (Å²) >= 11 is 7.66. The summed E-state index contributed by atoms with van der Waals surface area (Å²) in [5.41, 5.74) is 1.05. The van der Waals surface area contributed by atoms with Crippen LogP contribution in [0.1, 0.15) is 10.4 Å². The second-order valence-electron chi connectivity index (χ2n) is 5.59. The van der Waals surface area contributed by atoms with Gasteiger partial charge in [0.2, 0.25) is 5.75 Å². The van der Waals surface area contributed by atoms with Gasteiger partial charge in [0.25, 0.3) is 5.91 Å². The van der Waals surface area contributed by atoms with Gasteiger partial charge < -0.3 is 18.8 Å². The molecule has 1 heterocycles. The van der Waals surface area contributed by atoms with Crippen LogP contribution in [0.3, 0.4) is 0 Å². The molecule has 0 saturated heterocycles. The van der Waals surface area contributed by atoms with E-state index in [1.54, 1.807) is 22.8 Å². The third kappa shape index (κ3) is 3.57. The second-order valence-corrected chi connectivity index (χ2v) is 7.01. The van der Waals surface area contributed by atoms with Crippen LogP contribution in [0, 0.1) is 12.3 Å². The summed E-state index contributed by atoms with van der Waals surface area (Å²) in [6, 6.07) is 8.63. The predicted octanol–water partition coefficient (Wildman–Crippen LogP) is 3.76. The summed E-state index contributed by atoms with van der Waals surface area (Å²) in [4.78, 5) is 17.6.